The Bertz CT molecular complexity index is 275. The zero-order chi connectivity index (χ0) is 8.43. The standard InChI is InChI=1S/C7H8BrN3/c8-5-1-4(7(10)11)2-6(9)3-5/h1-3H,9H2,(H3,10,11). The second-order valence-corrected chi connectivity index (χ2v) is 3.10. The highest BCUT2D eigenvalue weighted by molar-refractivity contribution is 9.10. The van der Waals surface area contributed by atoms with Crippen molar-refractivity contribution in [2.75, 3.05) is 5.73 Å². The Balaban J connectivity index is 3.19. The number of nitrogens with two attached hydrogens (primary N) is 2. The minimum Gasteiger partial charge on any atom is -0.399 e. The number of rotatable bonds is 1. The topological polar surface area (TPSA) is 75.9 Å². The highest BCUT2D eigenvalue weighted by atomic mass is 79.9. The molecule has 0 aromatic heterocycles. The van der Waals surface area contributed by atoms with E-state index in [1.807, 2.05) is 0 Å². The maximum atomic E-state index is 7.13. The lowest BCUT2D eigenvalue weighted by Crippen LogP contribution is -2.11. The lowest BCUT2D eigenvalue weighted by atomic mass is 10.2. The molecule has 0 saturated heterocycles. The fraction of sp³-hybridized carbons (Fsp3) is 0. The number of amidine groups is 1. The summed E-state index contributed by atoms with van der Waals surface area (Å²) in [5.41, 5.74) is 12.0. The number of anilines is 1. The summed E-state index contributed by atoms with van der Waals surface area (Å²) in [6.45, 7) is 0. The van der Waals surface area contributed by atoms with Crippen molar-refractivity contribution in [1.82, 2.24) is 0 Å². The molecular formula is C7H8BrN3. The van der Waals surface area contributed by atoms with E-state index in [0.29, 0.717) is 11.3 Å². The van der Waals surface area contributed by atoms with Crippen LogP contribution >= 0.6 is 15.9 Å². The van der Waals surface area contributed by atoms with Gasteiger partial charge in [-0.05, 0) is 18.2 Å². The van der Waals surface area contributed by atoms with Gasteiger partial charge in [0.25, 0.3) is 0 Å². The molecule has 58 valence electrons. The number of hydrogen-bond acceptors (Lipinski definition) is 2. The molecule has 1 aromatic carbocycles. The van der Waals surface area contributed by atoms with Gasteiger partial charge in [-0.3, -0.25) is 5.41 Å². The van der Waals surface area contributed by atoms with E-state index in [4.69, 9.17) is 16.9 Å². The number of hydrogen-bond donors (Lipinski definition) is 3. The molecule has 0 radical (unpaired) electrons. The smallest absolute Gasteiger partial charge is 0.122 e. The molecule has 0 saturated carbocycles. The number of nitrogen functional groups attached to an aromatic ring is 2. The Morgan fingerprint density at radius 1 is 1.36 bits per heavy atom. The summed E-state index contributed by atoms with van der Waals surface area (Å²) in [5.74, 6) is 0.0259. The van der Waals surface area contributed by atoms with Gasteiger partial charge in [-0.2, -0.15) is 0 Å². The molecule has 0 atom stereocenters. The first-order valence-electron chi connectivity index (χ1n) is 3.00. The highest BCUT2D eigenvalue weighted by Gasteiger charge is 1.98. The molecule has 1 rings (SSSR count). The molecule has 0 fully saturated rings. The van der Waals surface area contributed by atoms with Gasteiger partial charge in [-0.25, -0.2) is 0 Å². The average Bonchev–Trinajstić information content (AvgIpc) is 1.85. The van der Waals surface area contributed by atoms with E-state index in [1.165, 1.54) is 0 Å². The second-order valence-electron chi connectivity index (χ2n) is 2.19. The molecule has 0 aliphatic carbocycles. The van der Waals surface area contributed by atoms with Crippen LogP contribution in [0.1, 0.15) is 5.56 Å². The largest absolute Gasteiger partial charge is 0.399 e. The average molecular weight is 214 g/mol. The van der Waals surface area contributed by atoms with Crippen LogP contribution in [0.2, 0.25) is 0 Å². The van der Waals surface area contributed by atoms with Crippen molar-refractivity contribution in [3.63, 3.8) is 0 Å². The van der Waals surface area contributed by atoms with Crippen molar-refractivity contribution in [2.24, 2.45) is 5.73 Å². The van der Waals surface area contributed by atoms with Crippen molar-refractivity contribution in [2.45, 2.75) is 0 Å². The van der Waals surface area contributed by atoms with E-state index in [9.17, 15) is 0 Å². The first kappa shape index (κ1) is 8.07. The van der Waals surface area contributed by atoms with E-state index in [2.05, 4.69) is 15.9 Å². The van der Waals surface area contributed by atoms with Crippen LogP contribution in [-0.4, -0.2) is 5.84 Å². The van der Waals surface area contributed by atoms with Crippen molar-refractivity contribution >= 4 is 27.5 Å². The molecule has 4 heteroatoms. The van der Waals surface area contributed by atoms with Crippen molar-refractivity contribution in [1.29, 1.82) is 5.41 Å². The molecule has 3 nitrogen and oxygen atoms in total. The van der Waals surface area contributed by atoms with Crippen molar-refractivity contribution in [3.05, 3.63) is 28.2 Å². The second kappa shape index (κ2) is 2.92. The van der Waals surface area contributed by atoms with Crippen LogP contribution in [0.5, 0.6) is 0 Å². The molecule has 0 spiro atoms. The lowest BCUT2D eigenvalue weighted by Gasteiger charge is -2.00. The summed E-state index contributed by atoms with van der Waals surface area (Å²) < 4.78 is 0.836. The molecule has 0 aliphatic rings. The highest BCUT2D eigenvalue weighted by Crippen LogP contribution is 2.16. The van der Waals surface area contributed by atoms with E-state index in [1.54, 1.807) is 18.2 Å². The monoisotopic (exact) mass is 213 g/mol. The molecule has 1 aromatic rings. The number of nitrogens with one attached hydrogen (secondary N) is 1. The van der Waals surface area contributed by atoms with Crippen molar-refractivity contribution < 1.29 is 0 Å². The van der Waals surface area contributed by atoms with Gasteiger partial charge in [-0.15, -0.1) is 0 Å². The SMILES string of the molecule is N=C(N)c1cc(N)cc(Br)c1. The summed E-state index contributed by atoms with van der Waals surface area (Å²) in [7, 11) is 0. The Hall–Kier alpha value is -1.03. The van der Waals surface area contributed by atoms with Crippen molar-refractivity contribution in [3.8, 4) is 0 Å². The summed E-state index contributed by atoms with van der Waals surface area (Å²) in [6.07, 6.45) is 0. The van der Waals surface area contributed by atoms with Gasteiger partial charge < -0.3 is 11.5 Å². The van der Waals surface area contributed by atoms with E-state index in [-0.39, 0.29) is 5.84 Å². The molecule has 11 heavy (non-hydrogen) atoms. The zero-order valence-electron chi connectivity index (χ0n) is 5.76. The molecular weight excluding hydrogens is 206 g/mol. The van der Waals surface area contributed by atoms with Crippen LogP contribution < -0.4 is 11.5 Å². The van der Waals surface area contributed by atoms with Gasteiger partial charge in [0.1, 0.15) is 5.84 Å². The van der Waals surface area contributed by atoms with E-state index in [0.717, 1.165) is 4.47 Å². The maximum absolute atomic E-state index is 7.13. The summed E-state index contributed by atoms with van der Waals surface area (Å²) in [6, 6.07) is 5.16. The third-order valence-electron chi connectivity index (χ3n) is 1.23. The van der Waals surface area contributed by atoms with Crippen LogP contribution in [0.4, 0.5) is 5.69 Å². The fourth-order valence-electron chi connectivity index (χ4n) is 0.768. The van der Waals surface area contributed by atoms with Crippen LogP contribution in [-0.2, 0) is 0 Å². The molecule has 5 N–H and O–H groups in total. The summed E-state index contributed by atoms with van der Waals surface area (Å²) >= 11 is 3.25. The molecule has 0 aliphatic heterocycles. The van der Waals surface area contributed by atoms with Gasteiger partial charge in [0.05, 0.1) is 0 Å². The lowest BCUT2D eigenvalue weighted by molar-refractivity contribution is 1.42. The van der Waals surface area contributed by atoms with E-state index < -0.39 is 0 Å². The maximum Gasteiger partial charge on any atom is 0.122 e. The Morgan fingerprint density at radius 3 is 2.45 bits per heavy atom. The normalized spacial score (nSPS) is 9.55. The first-order chi connectivity index (χ1) is 5.09. The summed E-state index contributed by atoms with van der Waals surface area (Å²) in [5, 5.41) is 7.13. The Labute approximate surface area is 73.0 Å². The molecule has 0 heterocycles. The van der Waals surface area contributed by atoms with Gasteiger partial charge >= 0.3 is 0 Å². The molecule has 0 unspecified atom stereocenters. The van der Waals surface area contributed by atoms with Crippen LogP contribution in [0, 0.1) is 5.41 Å². The van der Waals surface area contributed by atoms with Gasteiger partial charge in [0.2, 0.25) is 0 Å². The Morgan fingerprint density at radius 2 is 2.00 bits per heavy atom. The zero-order valence-corrected chi connectivity index (χ0v) is 7.35. The van der Waals surface area contributed by atoms with Crippen LogP contribution in [0.3, 0.4) is 0 Å². The predicted octanol–water partition coefficient (Wildman–Crippen LogP) is 1.32. The predicted molar refractivity (Wildman–Crippen MR) is 49.6 cm³/mol. The number of halogens is 1. The van der Waals surface area contributed by atoms with Crippen LogP contribution in [0.25, 0.3) is 0 Å². The third kappa shape index (κ3) is 1.94. The quantitative estimate of drug-likeness (QED) is 0.374. The van der Waals surface area contributed by atoms with Gasteiger partial charge in [0, 0.05) is 15.7 Å². The van der Waals surface area contributed by atoms with Gasteiger partial charge in [-0.1, -0.05) is 15.9 Å². The molecule has 0 amide bonds. The Kier molecular flexibility index (Phi) is 2.14. The fourth-order valence-corrected chi connectivity index (χ4v) is 1.28. The summed E-state index contributed by atoms with van der Waals surface area (Å²) in [4.78, 5) is 0. The minimum absolute atomic E-state index is 0.0259. The number of benzene rings is 1. The van der Waals surface area contributed by atoms with E-state index >= 15 is 0 Å². The minimum atomic E-state index is 0.0259. The molecule has 0 bridgehead atoms. The first-order valence-corrected chi connectivity index (χ1v) is 3.79. The third-order valence-corrected chi connectivity index (χ3v) is 1.69. The van der Waals surface area contributed by atoms with Gasteiger partial charge in [0.15, 0.2) is 0 Å². The van der Waals surface area contributed by atoms with Crippen LogP contribution in [0.15, 0.2) is 22.7 Å².